The molecule has 0 radical (unpaired) electrons. The Morgan fingerprint density at radius 3 is 2.70 bits per heavy atom. The molecule has 0 saturated heterocycles. The molecule has 0 amide bonds. The van der Waals surface area contributed by atoms with Crippen LogP contribution in [0.1, 0.15) is 5.56 Å². The van der Waals surface area contributed by atoms with Gasteiger partial charge < -0.3 is 9.64 Å². The summed E-state index contributed by atoms with van der Waals surface area (Å²) in [5, 5.41) is 6.27. The quantitative estimate of drug-likeness (QED) is 0.747. The molecule has 0 bridgehead atoms. The van der Waals surface area contributed by atoms with Gasteiger partial charge in [-0.2, -0.15) is 8.42 Å². The van der Waals surface area contributed by atoms with Gasteiger partial charge >= 0.3 is 0 Å². The van der Waals surface area contributed by atoms with E-state index in [1.54, 1.807) is 19.4 Å². The summed E-state index contributed by atoms with van der Waals surface area (Å²) in [5.41, 5.74) is 4.63. The molecular weight excluding hydrogens is 364 g/mol. The second-order valence-electron chi connectivity index (χ2n) is 6.44. The van der Waals surface area contributed by atoms with Crippen molar-refractivity contribution in [2.75, 3.05) is 29.9 Å². The van der Waals surface area contributed by atoms with Crippen LogP contribution in [0.5, 0.6) is 5.75 Å². The Hall–Kier alpha value is -2.84. The van der Waals surface area contributed by atoms with Crippen molar-refractivity contribution in [1.29, 1.82) is 0 Å². The molecule has 1 aliphatic heterocycles. The van der Waals surface area contributed by atoms with Crippen molar-refractivity contribution in [2.24, 2.45) is 5.14 Å². The first-order valence-corrected chi connectivity index (χ1v) is 9.98. The Kier molecular flexibility index (Phi) is 4.16. The second kappa shape index (κ2) is 6.40. The molecule has 8 heteroatoms. The van der Waals surface area contributed by atoms with Gasteiger partial charge in [0.15, 0.2) is 0 Å². The molecule has 27 heavy (non-hydrogen) atoms. The minimum absolute atomic E-state index is 0.558. The number of nitrogens with two attached hydrogens (primary N) is 1. The van der Waals surface area contributed by atoms with Gasteiger partial charge in [-0.15, -0.1) is 0 Å². The SMILES string of the molecule is COc1ccc2c(N3CCc4cc(N(C)S(N)(=O)=O)ccc43)ccnc2c1. The van der Waals surface area contributed by atoms with Gasteiger partial charge in [0.05, 0.1) is 24.0 Å². The fourth-order valence-electron chi connectivity index (χ4n) is 3.46. The summed E-state index contributed by atoms with van der Waals surface area (Å²) in [6.45, 7) is 0.809. The van der Waals surface area contributed by atoms with Crippen LogP contribution >= 0.6 is 0 Å². The monoisotopic (exact) mass is 384 g/mol. The van der Waals surface area contributed by atoms with Crippen LogP contribution in [-0.4, -0.2) is 34.1 Å². The molecule has 1 aliphatic rings. The van der Waals surface area contributed by atoms with Crippen molar-refractivity contribution < 1.29 is 13.2 Å². The summed E-state index contributed by atoms with van der Waals surface area (Å²) in [4.78, 5) is 6.68. The summed E-state index contributed by atoms with van der Waals surface area (Å²) in [6, 6.07) is 13.4. The molecule has 0 fully saturated rings. The van der Waals surface area contributed by atoms with E-state index in [4.69, 9.17) is 9.88 Å². The zero-order valence-corrected chi connectivity index (χ0v) is 15.9. The summed E-state index contributed by atoms with van der Waals surface area (Å²) in [6.07, 6.45) is 2.61. The van der Waals surface area contributed by atoms with Crippen LogP contribution in [0.15, 0.2) is 48.7 Å². The van der Waals surface area contributed by atoms with E-state index >= 15 is 0 Å². The summed E-state index contributed by atoms with van der Waals surface area (Å²) in [7, 11) is -0.686. The number of aromatic nitrogens is 1. The minimum Gasteiger partial charge on any atom is -0.497 e. The van der Waals surface area contributed by atoms with Crippen LogP contribution in [0.2, 0.25) is 0 Å². The van der Waals surface area contributed by atoms with E-state index in [9.17, 15) is 8.42 Å². The van der Waals surface area contributed by atoms with E-state index in [0.29, 0.717) is 5.69 Å². The van der Waals surface area contributed by atoms with Crippen molar-refractivity contribution in [1.82, 2.24) is 4.98 Å². The molecule has 4 rings (SSSR count). The number of benzene rings is 2. The van der Waals surface area contributed by atoms with Gasteiger partial charge in [-0.05, 0) is 48.4 Å². The predicted octanol–water partition coefficient (Wildman–Crippen LogP) is 2.58. The van der Waals surface area contributed by atoms with Gasteiger partial charge in [0, 0.05) is 36.9 Å². The third-order valence-corrected chi connectivity index (χ3v) is 5.90. The lowest BCUT2D eigenvalue weighted by Gasteiger charge is -2.22. The Morgan fingerprint density at radius 2 is 1.96 bits per heavy atom. The Morgan fingerprint density at radius 1 is 1.15 bits per heavy atom. The predicted molar refractivity (Wildman–Crippen MR) is 107 cm³/mol. The van der Waals surface area contributed by atoms with Crippen LogP contribution in [0.3, 0.4) is 0 Å². The van der Waals surface area contributed by atoms with E-state index in [2.05, 4.69) is 9.88 Å². The van der Waals surface area contributed by atoms with Gasteiger partial charge in [-0.3, -0.25) is 9.29 Å². The van der Waals surface area contributed by atoms with E-state index in [-0.39, 0.29) is 0 Å². The topological polar surface area (TPSA) is 88.8 Å². The van der Waals surface area contributed by atoms with E-state index in [1.165, 1.54) is 7.05 Å². The molecule has 140 valence electrons. The lowest BCUT2D eigenvalue weighted by molar-refractivity contribution is 0.415. The number of hydrogen-bond acceptors (Lipinski definition) is 5. The van der Waals surface area contributed by atoms with Gasteiger partial charge in [0.2, 0.25) is 0 Å². The molecule has 1 aromatic heterocycles. The standard InChI is InChI=1S/C19H20N4O3S/c1-22(27(20,24)25)14-3-6-18-13(11-14)8-10-23(18)19-7-9-21-17-12-15(26-2)4-5-16(17)19/h3-7,9,11-12H,8,10H2,1-2H3,(H2,20,24,25). The van der Waals surface area contributed by atoms with Crippen LogP contribution in [0, 0.1) is 0 Å². The average Bonchev–Trinajstić information content (AvgIpc) is 3.08. The molecule has 2 heterocycles. The Labute approximate surface area is 158 Å². The number of nitrogens with zero attached hydrogens (tertiary/aromatic N) is 3. The Bertz CT molecular complexity index is 1130. The summed E-state index contributed by atoms with van der Waals surface area (Å²) < 4.78 is 29.6. The summed E-state index contributed by atoms with van der Waals surface area (Å²) >= 11 is 0. The van der Waals surface area contributed by atoms with E-state index < -0.39 is 10.2 Å². The van der Waals surface area contributed by atoms with Gasteiger partial charge in [-0.1, -0.05) is 0 Å². The average molecular weight is 384 g/mol. The van der Waals surface area contributed by atoms with Crippen molar-refractivity contribution >= 4 is 38.2 Å². The van der Waals surface area contributed by atoms with Crippen LogP contribution in [0.25, 0.3) is 10.9 Å². The highest BCUT2D eigenvalue weighted by Gasteiger charge is 2.24. The lowest BCUT2D eigenvalue weighted by atomic mass is 10.1. The first kappa shape index (κ1) is 17.6. The molecule has 0 aliphatic carbocycles. The second-order valence-corrected chi connectivity index (χ2v) is 8.02. The number of anilines is 3. The number of methoxy groups -OCH3 is 1. The molecule has 2 N–H and O–H groups in total. The van der Waals surface area contributed by atoms with Gasteiger partial charge in [-0.25, -0.2) is 5.14 Å². The fraction of sp³-hybridized carbons (Fsp3) is 0.211. The highest BCUT2D eigenvalue weighted by molar-refractivity contribution is 7.90. The summed E-state index contributed by atoms with van der Waals surface area (Å²) in [5.74, 6) is 0.768. The Balaban J connectivity index is 1.76. The molecule has 0 spiro atoms. The largest absolute Gasteiger partial charge is 0.497 e. The molecule has 0 atom stereocenters. The maximum atomic E-state index is 11.6. The molecule has 0 unspecified atom stereocenters. The highest BCUT2D eigenvalue weighted by Crippen LogP contribution is 2.39. The van der Waals surface area contributed by atoms with Crippen molar-refractivity contribution in [2.45, 2.75) is 6.42 Å². The van der Waals surface area contributed by atoms with Crippen LogP contribution in [0.4, 0.5) is 17.1 Å². The smallest absolute Gasteiger partial charge is 0.298 e. The molecule has 3 aromatic rings. The lowest BCUT2D eigenvalue weighted by Crippen LogP contribution is -2.33. The molecule has 7 nitrogen and oxygen atoms in total. The van der Waals surface area contributed by atoms with Crippen molar-refractivity contribution in [3.63, 3.8) is 0 Å². The number of ether oxygens (including phenoxy) is 1. The number of pyridine rings is 1. The minimum atomic E-state index is -3.77. The molecular formula is C19H20N4O3S. The fourth-order valence-corrected chi connectivity index (χ4v) is 3.86. The first-order chi connectivity index (χ1) is 12.9. The number of rotatable bonds is 4. The third kappa shape index (κ3) is 3.07. The number of hydrogen-bond donors (Lipinski definition) is 1. The highest BCUT2D eigenvalue weighted by atomic mass is 32.2. The van der Waals surface area contributed by atoms with Crippen LogP contribution in [-0.2, 0) is 16.6 Å². The molecule has 2 aromatic carbocycles. The zero-order chi connectivity index (χ0) is 19.2. The molecule has 0 saturated carbocycles. The van der Waals surface area contributed by atoms with Gasteiger partial charge in [0.1, 0.15) is 5.75 Å². The van der Waals surface area contributed by atoms with Crippen LogP contribution < -0.4 is 19.1 Å². The normalized spacial score (nSPS) is 13.7. The van der Waals surface area contributed by atoms with E-state index in [0.717, 1.165) is 50.9 Å². The zero-order valence-electron chi connectivity index (χ0n) is 15.1. The van der Waals surface area contributed by atoms with E-state index in [1.807, 2.05) is 36.4 Å². The first-order valence-electron chi connectivity index (χ1n) is 8.48. The number of fused-ring (bicyclic) bond motifs is 2. The van der Waals surface area contributed by atoms with Crippen molar-refractivity contribution in [3.8, 4) is 5.75 Å². The van der Waals surface area contributed by atoms with Gasteiger partial charge in [0.25, 0.3) is 10.2 Å². The third-order valence-electron chi connectivity index (χ3n) is 4.92. The van der Waals surface area contributed by atoms with Crippen molar-refractivity contribution in [3.05, 3.63) is 54.2 Å². The maximum absolute atomic E-state index is 11.6. The maximum Gasteiger partial charge on any atom is 0.298 e.